The van der Waals surface area contributed by atoms with Gasteiger partial charge in [-0.05, 0) is 42.9 Å². The molecule has 25 heavy (non-hydrogen) atoms. The quantitative estimate of drug-likeness (QED) is 0.858. The van der Waals surface area contributed by atoms with Crippen LogP contribution in [0.1, 0.15) is 34.6 Å². The van der Waals surface area contributed by atoms with E-state index in [1.807, 2.05) is 17.9 Å². The average molecular weight is 339 g/mol. The van der Waals surface area contributed by atoms with E-state index in [4.69, 9.17) is 4.52 Å². The van der Waals surface area contributed by atoms with Crippen LogP contribution in [0.15, 0.2) is 28.8 Å². The van der Waals surface area contributed by atoms with Crippen LogP contribution in [0, 0.1) is 6.92 Å². The SMILES string of the molecule is Cc1cc(CN2CCN(C(=O)Cc3ccc4c(c3)CCC4)CC2)on1. The van der Waals surface area contributed by atoms with Crippen molar-refractivity contribution >= 4 is 5.91 Å². The Kier molecular flexibility index (Phi) is 4.57. The lowest BCUT2D eigenvalue weighted by molar-refractivity contribution is -0.132. The maximum atomic E-state index is 12.6. The number of rotatable bonds is 4. The first-order chi connectivity index (χ1) is 12.2. The van der Waals surface area contributed by atoms with Crippen LogP contribution >= 0.6 is 0 Å². The van der Waals surface area contributed by atoms with E-state index in [2.05, 4.69) is 28.3 Å². The van der Waals surface area contributed by atoms with E-state index in [1.54, 1.807) is 0 Å². The summed E-state index contributed by atoms with van der Waals surface area (Å²) in [6, 6.07) is 8.56. The Balaban J connectivity index is 1.29. The number of aromatic nitrogens is 1. The molecule has 0 radical (unpaired) electrons. The highest BCUT2D eigenvalue weighted by Crippen LogP contribution is 2.23. The van der Waals surface area contributed by atoms with Crippen LogP contribution in [-0.2, 0) is 30.6 Å². The van der Waals surface area contributed by atoms with Crippen molar-refractivity contribution in [3.8, 4) is 0 Å². The fourth-order valence-electron chi connectivity index (χ4n) is 3.89. The zero-order chi connectivity index (χ0) is 17.2. The number of aryl methyl sites for hydroxylation is 3. The van der Waals surface area contributed by atoms with Gasteiger partial charge in [0.1, 0.15) is 0 Å². The van der Waals surface area contributed by atoms with Crippen LogP contribution in [-0.4, -0.2) is 47.0 Å². The molecule has 132 valence electrons. The summed E-state index contributed by atoms with van der Waals surface area (Å²) in [4.78, 5) is 16.9. The number of benzene rings is 1. The zero-order valence-corrected chi connectivity index (χ0v) is 14.8. The Morgan fingerprint density at radius 1 is 1.12 bits per heavy atom. The largest absolute Gasteiger partial charge is 0.360 e. The van der Waals surface area contributed by atoms with Crippen LogP contribution in [0.4, 0.5) is 0 Å². The average Bonchev–Trinajstić information content (AvgIpc) is 3.24. The molecule has 1 aromatic heterocycles. The second-order valence-electron chi connectivity index (χ2n) is 7.22. The molecule has 1 aliphatic carbocycles. The Hall–Kier alpha value is -2.14. The highest BCUT2D eigenvalue weighted by Gasteiger charge is 2.22. The van der Waals surface area contributed by atoms with Crippen molar-refractivity contribution in [3.63, 3.8) is 0 Å². The van der Waals surface area contributed by atoms with Crippen LogP contribution < -0.4 is 0 Å². The number of hydrogen-bond acceptors (Lipinski definition) is 4. The summed E-state index contributed by atoms with van der Waals surface area (Å²) in [5, 5.41) is 3.93. The van der Waals surface area contributed by atoms with Gasteiger partial charge >= 0.3 is 0 Å². The third-order valence-electron chi connectivity index (χ3n) is 5.30. The minimum atomic E-state index is 0.244. The van der Waals surface area contributed by atoms with Crippen LogP contribution in [0.25, 0.3) is 0 Å². The van der Waals surface area contributed by atoms with Crippen molar-refractivity contribution in [2.75, 3.05) is 26.2 Å². The lowest BCUT2D eigenvalue weighted by Crippen LogP contribution is -2.48. The molecule has 0 N–H and O–H groups in total. The number of nitrogens with zero attached hydrogens (tertiary/aromatic N) is 3. The molecule has 0 saturated carbocycles. The number of fused-ring (bicyclic) bond motifs is 1. The first-order valence-corrected chi connectivity index (χ1v) is 9.20. The number of piperazine rings is 1. The van der Waals surface area contributed by atoms with Gasteiger partial charge in [0.2, 0.25) is 5.91 Å². The maximum Gasteiger partial charge on any atom is 0.227 e. The Morgan fingerprint density at radius 3 is 2.68 bits per heavy atom. The van der Waals surface area contributed by atoms with E-state index < -0.39 is 0 Å². The molecule has 1 aromatic carbocycles. The van der Waals surface area contributed by atoms with Crippen molar-refractivity contribution in [2.45, 2.75) is 39.2 Å². The first kappa shape index (κ1) is 16.3. The maximum absolute atomic E-state index is 12.6. The van der Waals surface area contributed by atoms with E-state index >= 15 is 0 Å². The lowest BCUT2D eigenvalue weighted by atomic mass is 10.0. The molecule has 0 atom stereocenters. The fraction of sp³-hybridized carbons (Fsp3) is 0.500. The third kappa shape index (κ3) is 3.76. The van der Waals surface area contributed by atoms with Crippen molar-refractivity contribution in [1.82, 2.24) is 15.0 Å². The summed E-state index contributed by atoms with van der Waals surface area (Å²) in [6.45, 7) is 6.05. The molecule has 5 heteroatoms. The predicted octanol–water partition coefficient (Wildman–Crippen LogP) is 2.36. The van der Waals surface area contributed by atoms with Crippen molar-refractivity contribution < 1.29 is 9.32 Å². The van der Waals surface area contributed by atoms with Gasteiger partial charge in [-0.1, -0.05) is 23.4 Å². The predicted molar refractivity (Wildman–Crippen MR) is 95.3 cm³/mol. The molecule has 0 bridgehead atoms. The fourth-order valence-corrected chi connectivity index (χ4v) is 3.89. The summed E-state index contributed by atoms with van der Waals surface area (Å²) >= 11 is 0. The molecule has 1 saturated heterocycles. The molecule has 2 aromatic rings. The van der Waals surface area contributed by atoms with Gasteiger partial charge < -0.3 is 9.42 Å². The van der Waals surface area contributed by atoms with E-state index in [1.165, 1.54) is 24.0 Å². The van der Waals surface area contributed by atoms with Crippen LogP contribution in [0.3, 0.4) is 0 Å². The molecule has 0 spiro atoms. The van der Waals surface area contributed by atoms with Gasteiger partial charge in [-0.15, -0.1) is 0 Å². The topological polar surface area (TPSA) is 49.6 Å². The zero-order valence-electron chi connectivity index (χ0n) is 14.8. The molecule has 1 amide bonds. The molecule has 5 nitrogen and oxygen atoms in total. The molecule has 2 heterocycles. The minimum absolute atomic E-state index is 0.244. The lowest BCUT2D eigenvalue weighted by Gasteiger charge is -2.34. The molecule has 2 aliphatic rings. The molecule has 4 rings (SSSR count). The Bertz CT molecular complexity index is 760. The summed E-state index contributed by atoms with van der Waals surface area (Å²) < 4.78 is 5.28. The summed E-state index contributed by atoms with van der Waals surface area (Å²) in [5.74, 6) is 1.14. The standard InChI is InChI=1S/C20H25N3O2/c1-15-11-19(25-21-15)14-22-7-9-23(10-8-22)20(24)13-16-5-6-17-3-2-4-18(17)12-16/h5-6,11-12H,2-4,7-10,13-14H2,1H3. The first-order valence-electron chi connectivity index (χ1n) is 9.20. The van der Waals surface area contributed by atoms with E-state index in [9.17, 15) is 4.79 Å². The monoisotopic (exact) mass is 339 g/mol. The molecule has 0 unspecified atom stereocenters. The smallest absolute Gasteiger partial charge is 0.227 e. The van der Waals surface area contributed by atoms with E-state index in [0.717, 1.165) is 56.2 Å². The number of carbonyl (C=O) groups excluding carboxylic acids is 1. The normalized spacial score (nSPS) is 17.7. The van der Waals surface area contributed by atoms with Crippen molar-refractivity contribution in [1.29, 1.82) is 0 Å². The molecule has 1 fully saturated rings. The second-order valence-corrected chi connectivity index (χ2v) is 7.22. The summed E-state index contributed by atoms with van der Waals surface area (Å²) in [5.41, 5.74) is 4.98. The van der Waals surface area contributed by atoms with Gasteiger partial charge in [0.15, 0.2) is 5.76 Å². The number of amides is 1. The van der Waals surface area contributed by atoms with Gasteiger partial charge in [-0.25, -0.2) is 0 Å². The van der Waals surface area contributed by atoms with Gasteiger partial charge in [0.05, 0.1) is 18.7 Å². The number of carbonyl (C=O) groups is 1. The van der Waals surface area contributed by atoms with Crippen molar-refractivity contribution in [2.24, 2.45) is 0 Å². The van der Waals surface area contributed by atoms with Crippen molar-refractivity contribution in [3.05, 3.63) is 52.4 Å². The van der Waals surface area contributed by atoms with Gasteiger partial charge in [0, 0.05) is 32.2 Å². The molecule has 1 aliphatic heterocycles. The van der Waals surface area contributed by atoms with Crippen LogP contribution in [0.5, 0.6) is 0 Å². The number of hydrogen-bond donors (Lipinski definition) is 0. The van der Waals surface area contributed by atoms with E-state index in [-0.39, 0.29) is 5.91 Å². The molecular formula is C20H25N3O2. The third-order valence-corrected chi connectivity index (χ3v) is 5.30. The highest BCUT2D eigenvalue weighted by atomic mass is 16.5. The van der Waals surface area contributed by atoms with E-state index in [0.29, 0.717) is 6.42 Å². The Morgan fingerprint density at radius 2 is 1.92 bits per heavy atom. The summed E-state index contributed by atoms with van der Waals surface area (Å²) in [7, 11) is 0. The summed E-state index contributed by atoms with van der Waals surface area (Å²) in [6.07, 6.45) is 4.13. The van der Waals surface area contributed by atoms with Gasteiger partial charge in [-0.2, -0.15) is 0 Å². The second kappa shape index (κ2) is 7.00. The van der Waals surface area contributed by atoms with Gasteiger partial charge in [-0.3, -0.25) is 9.69 Å². The minimum Gasteiger partial charge on any atom is -0.360 e. The Labute approximate surface area is 148 Å². The van der Waals surface area contributed by atoms with Gasteiger partial charge in [0.25, 0.3) is 0 Å². The molecular weight excluding hydrogens is 314 g/mol. The highest BCUT2D eigenvalue weighted by molar-refractivity contribution is 5.79. The van der Waals surface area contributed by atoms with Crippen LogP contribution in [0.2, 0.25) is 0 Å².